The molecular weight excluding hydrogens is 282 g/mol. The van der Waals surface area contributed by atoms with Crippen LogP contribution >= 0.6 is 11.3 Å². The monoisotopic (exact) mass is 301 g/mol. The number of aromatic nitrogens is 1. The maximum atomic E-state index is 12.3. The van der Waals surface area contributed by atoms with Gasteiger partial charge in [-0.25, -0.2) is 4.79 Å². The molecular formula is C16H19N3OS. The molecule has 0 bridgehead atoms. The van der Waals surface area contributed by atoms with Crippen LogP contribution in [0.15, 0.2) is 41.4 Å². The zero-order valence-electron chi connectivity index (χ0n) is 11.9. The van der Waals surface area contributed by atoms with Gasteiger partial charge in [0.1, 0.15) is 0 Å². The van der Waals surface area contributed by atoms with Crippen molar-refractivity contribution in [2.75, 3.05) is 6.54 Å². The summed E-state index contributed by atoms with van der Waals surface area (Å²) >= 11 is 1.68. The molecule has 4 nitrogen and oxygen atoms in total. The number of nitrogens with zero attached hydrogens (tertiary/aromatic N) is 2. The zero-order chi connectivity index (χ0) is 14.5. The largest absolute Gasteiger partial charge is 0.338 e. The minimum Gasteiger partial charge on any atom is -0.338 e. The molecule has 1 N–H and O–H groups in total. The normalized spacial score (nSPS) is 13.9. The van der Waals surface area contributed by atoms with E-state index >= 15 is 0 Å². The van der Waals surface area contributed by atoms with Crippen LogP contribution in [-0.2, 0) is 13.0 Å². The summed E-state index contributed by atoms with van der Waals surface area (Å²) in [5.74, 6) is 0. The Hall–Kier alpha value is -1.88. The Bertz CT molecular complexity index is 566. The fourth-order valence-corrected chi connectivity index (χ4v) is 2.95. The quantitative estimate of drug-likeness (QED) is 0.891. The lowest BCUT2D eigenvalue weighted by Crippen LogP contribution is -2.41. The number of carbonyl (C=O) groups excluding carboxylic acids is 1. The lowest BCUT2D eigenvalue weighted by atomic mass is 10.2. The molecule has 0 radical (unpaired) electrons. The van der Waals surface area contributed by atoms with Crippen molar-refractivity contribution in [1.29, 1.82) is 0 Å². The number of rotatable bonds is 6. The minimum atomic E-state index is 0.0487. The molecule has 1 saturated carbocycles. The Balaban J connectivity index is 1.50. The van der Waals surface area contributed by atoms with E-state index in [9.17, 15) is 4.79 Å². The van der Waals surface area contributed by atoms with Crippen molar-refractivity contribution in [2.24, 2.45) is 0 Å². The van der Waals surface area contributed by atoms with E-state index in [0.29, 0.717) is 19.1 Å². The van der Waals surface area contributed by atoms with Gasteiger partial charge in [0.05, 0.1) is 0 Å². The number of carbonyl (C=O) groups is 1. The van der Waals surface area contributed by atoms with Crippen LogP contribution in [0.2, 0.25) is 0 Å². The molecule has 0 saturated heterocycles. The van der Waals surface area contributed by atoms with Crippen molar-refractivity contribution < 1.29 is 4.79 Å². The van der Waals surface area contributed by atoms with Gasteiger partial charge in [0, 0.05) is 31.5 Å². The second kappa shape index (κ2) is 6.72. The molecule has 0 unspecified atom stereocenters. The Morgan fingerprint density at radius 2 is 2.29 bits per heavy atom. The number of urea groups is 1. The van der Waals surface area contributed by atoms with Gasteiger partial charge >= 0.3 is 6.03 Å². The van der Waals surface area contributed by atoms with E-state index < -0.39 is 0 Å². The molecule has 0 aromatic carbocycles. The Kier molecular flexibility index (Phi) is 4.50. The van der Waals surface area contributed by atoms with Crippen LogP contribution < -0.4 is 5.32 Å². The number of amides is 2. The van der Waals surface area contributed by atoms with Crippen molar-refractivity contribution in [1.82, 2.24) is 15.2 Å². The molecule has 5 heteroatoms. The smallest absolute Gasteiger partial charge is 0.317 e. The fourth-order valence-electron chi connectivity index (χ4n) is 2.29. The standard InChI is InChI=1S/C16H19N3OS/c20-16(18-8-5-13-2-1-7-17-10-13)19(15-3-4-15)11-14-6-9-21-12-14/h1-2,6-7,9-10,12,15H,3-5,8,11H2,(H,18,20). The van der Waals surface area contributed by atoms with E-state index in [1.807, 2.05) is 23.2 Å². The fraction of sp³-hybridized carbons (Fsp3) is 0.375. The van der Waals surface area contributed by atoms with E-state index in [0.717, 1.165) is 24.8 Å². The topological polar surface area (TPSA) is 45.2 Å². The van der Waals surface area contributed by atoms with E-state index in [4.69, 9.17) is 0 Å². The van der Waals surface area contributed by atoms with Gasteiger partial charge in [0.25, 0.3) is 0 Å². The van der Waals surface area contributed by atoms with Crippen molar-refractivity contribution in [3.63, 3.8) is 0 Å². The lowest BCUT2D eigenvalue weighted by molar-refractivity contribution is 0.192. The van der Waals surface area contributed by atoms with Gasteiger partial charge in [-0.15, -0.1) is 0 Å². The van der Waals surface area contributed by atoms with Crippen LogP contribution in [0.3, 0.4) is 0 Å². The lowest BCUT2D eigenvalue weighted by Gasteiger charge is -2.22. The Morgan fingerprint density at radius 1 is 1.38 bits per heavy atom. The summed E-state index contributed by atoms with van der Waals surface area (Å²) in [6, 6.07) is 6.51. The van der Waals surface area contributed by atoms with Crippen LogP contribution in [0.4, 0.5) is 4.79 Å². The van der Waals surface area contributed by atoms with E-state index in [1.54, 1.807) is 17.5 Å². The second-order valence-electron chi connectivity index (χ2n) is 5.33. The van der Waals surface area contributed by atoms with Crippen LogP contribution in [0.25, 0.3) is 0 Å². The molecule has 1 fully saturated rings. The minimum absolute atomic E-state index is 0.0487. The van der Waals surface area contributed by atoms with Gasteiger partial charge in [-0.05, 0) is 53.3 Å². The van der Waals surface area contributed by atoms with Gasteiger partial charge in [-0.1, -0.05) is 6.07 Å². The zero-order valence-corrected chi connectivity index (χ0v) is 12.7. The molecule has 2 aromatic rings. The van der Waals surface area contributed by atoms with Crippen molar-refractivity contribution in [3.8, 4) is 0 Å². The van der Waals surface area contributed by atoms with Crippen molar-refractivity contribution in [2.45, 2.75) is 31.8 Å². The van der Waals surface area contributed by atoms with E-state index in [2.05, 4.69) is 27.1 Å². The summed E-state index contributed by atoms with van der Waals surface area (Å²) in [7, 11) is 0. The molecule has 21 heavy (non-hydrogen) atoms. The van der Waals surface area contributed by atoms with Crippen molar-refractivity contribution in [3.05, 3.63) is 52.5 Å². The third kappa shape index (κ3) is 4.04. The Labute approximate surface area is 128 Å². The molecule has 110 valence electrons. The number of thiophene rings is 1. The summed E-state index contributed by atoms with van der Waals surface area (Å²) in [6.45, 7) is 1.37. The summed E-state index contributed by atoms with van der Waals surface area (Å²) in [6.07, 6.45) is 6.67. The van der Waals surface area contributed by atoms with Gasteiger partial charge < -0.3 is 10.2 Å². The maximum absolute atomic E-state index is 12.3. The summed E-state index contributed by atoms with van der Waals surface area (Å²) in [4.78, 5) is 18.4. The highest BCUT2D eigenvalue weighted by Crippen LogP contribution is 2.28. The first-order chi connectivity index (χ1) is 10.3. The molecule has 2 aromatic heterocycles. The van der Waals surface area contributed by atoms with Gasteiger partial charge in [-0.2, -0.15) is 11.3 Å². The Morgan fingerprint density at radius 3 is 2.95 bits per heavy atom. The summed E-state index contributed by atoms with van der Waals surface area (Å²) in [5.41, 5.74) is 2.36. The highest BCUT2D eigenvalue weighted by molar-refractivity contribution is 7.07. The average molecular weight is 301 g/mol. The third-order valence-corrected chi connectivity index (χ3v) is 4.33. The summed E-state index contributed by atoms with van der Waals surface area (Å²) < 4.78 is 0. The van der Waals surface area contributed by atoms with Gasteiger partial charge in [-0.3, -0.25) is 4.98 Å². The van der Waals surface area contributed by atoms with Crippen LogP contribution in [-0.4, -0.2) is 28.5 Å². The molecule has 0 atom stereocenters. The van der Waals surface area contributed by atoms with Crippen molar-refractivity contribution >= 4 is 17.4 Å². The highest BCUT2D eigenvalue weighted by atomic mass is 32.1. The van der Waals surface area contributed by atoms with Gasteiger partial charge in [0.15, 0.2) is 0 Å². The number of hydrogen-bond donors (Lipinski definition) is 1. The average Bonchev–Trinajstić information content (AvgIpc) is 3.22. The third-order valence-electron chi connectivity index (χ3n) is 3.59. The first-order valence-electron chi connectivity index (χ1n) is 7.27. The van der Waals surface area contributed by atoms with E-state index in [-0.39, 0.29) is 6.03 Å². The molecule has 2 heterocycles. The molecule has 1 aliphatic carbocycles. The predicted octanol–water partition coefficient (Wildman–Crippen LogP) is 3.06. The summed E-state index contributed by atoms with van der Waals surface area (Å²) in [5, 5.41) is 7.19. The first kappa shape index (κ1) is 14.1. The maximum Gasteiger partial charge on any atom is 0.317 e. The highest BCUT2D eigenvalue weighted by Gasteiger charge is 2.32. The number of hydrogen-bond acceptors (Lipinski definition) is 3. The number of nitrogens with one attached hydrogen (secondary N) is 1. The SMILES string of the molecule is O=C(NCCc1cccnc1)N(Cc1ccsc1)C1CC1. The predicted molar refractivity (Wildman–Crippen MR) is 84.2 cm³/mol. The molecule has 0 aliphatic heterocycles. The first-order valence-corrected chi connectivity index (χ1v) is 8.21. The molecule has 3 rings (SSSR count). The molecule has 1 aliphatic rings. The molecule has 0 spiro atoms. The molecule has 2 amide bonds. The van der Waals surface area contributed by atoms with Crippen LogP contribution in [0.1, 0.15) is 24.0 Å². The van der Waals surface area contributed by atoms with Crippen LogP contribution in [0.5, 0.6) is 0 Å². The van der Waals surface area contributed by atoms with Crippen LogP contribution in [0, 0.1) is 0 Å². The van der Waals surface area contributed by atoms with E-state index in [1.165, 1.54) is 5.56 Å². The second-order valence-corrected chi connectivity index (χ2v) is 6.11. The number of pyridine rings is 1. The van der Waals surface area contributed by atoms with Gasteiger partial charge in [0.2, 0.25) is 0 Å².